The van der Waals surface area contributed by atoms with Crippen molar-refractivity contribution in [2.75, 3.05) is 19.6 Å². The van der Waals surface area contributed by atoms with E-state index in [0.717, 1.165) is 32.4 Å². The Balaban J connectivity index is 1.68. The van der Waals surface area contributed by atoms with Crippen molar-refractivity contribution in [3.05, 3.63) is 0 Å². The van der Waals surface area contributed by atoms with Gasteiger partial charge in [-0.1, -0.05) is 12.1 Å². The molecule has 1 saturated heterocycles. The Morgan fingerprint density at radius 3 is 2.61 bits per heavy atom. The van der Waals surface area contributed by atoms with Gasteiger partial charge in [0.15, 0.2) is 5.84 Å². The van der Waals surface area contributed by atoms with Crippen molar-refractivity contribution >= 4 is 11.7 Å². The second-order valence-corrected chi connectivity index (χ2v) is 5.47. The molecule has 0 radical (unpaired) electrons. The first-order valence-corrected chi connectivity index (χ1v) is 6.59. The molecule has 0 bridgehead atoms. The second kappa shape index (κ2) is 5.56. The number of rotatable bonds is 4. The molecular weight excluding hydrogens is 232 g/mol. The van der Waals surface area contributed by atoms with Crippen molar-refractivity contribution < 1.29 is 10.0 Å². The molecule has 0 spiro atoms. The lowest BCUT2D eigenvalue weighted by atomic mass is 10.0. The van der Waals surface area contributed by atoms with Crippen LogP contribution in [0.4, 0.5) is 0 Å². The van der Waals surface area contributed by atoms with Crippen LogP contribution in [0.1, 0.15) is 26.2 Å². The molecule has 102 valence electrons. The van der Waals surface area contributed by atoms with Crippen molar-refractivity contribution in [2.24, 2.45) is 22.7 Å². The number of amidine groups is 1. The number of likely N-dealkylation sites (tertiary alicyclic amines) is 1. The molecular formula is C12H22N4O2. The fraction of sp³-hybridized carbons (Fsp3) is 0.833. The third-order valence-electron chi connectivity index (χ3n) is 3.89. The van der Waals surface area contributed by atoms with Gasteiger partial charge in [-0.05, 0) is 25.2 Å². The summed E-state index contributed by atoms with van der Waals surface area (Å²) in [5.74, 6) is 1.27. The van der Waals surface area contributed by atoms with E-state index in [1.807, 2.05) is 0 Å². The van der Waals surface area contributed by atoms with Crippen LogP contribution in [-0.2, 0) is 4.79 Å². The first kappa shape index (κ1) is 13.1. The van der Waals surface area contributed by atoms with Gasteiger partial charge in [0.1, 0.15) is 0 Å². The molecule has 18 heavy (non-hydrogen) atoms. The van der Waals surface area contributed by atoms with Crippen LogP contribution in [0.3, 0.4) is 0 Å². The predicted molar refractivity (Wildman–Crippen MR) is 68.3 cm³/mol. The number of carbonyl (C=O) groups is 1. The molecule has 1 aliphatic heterocycles. The number of piperidine rings is 1. The summed E-state index contributed by atoms with van der Waals surface area (Å²) in [6.07, 6.45) is 2.91. The van der Waals surface area contributed by atoms with Crippen molar-refractivity contribution in [1.29, 1.82) is 0 Å². The number of hydrogen-bond donors (Lipinski definition) is 3. The van der Waals surface area contributed by atoms with E-state index in [-0.39, 0.29) is 23.7 Å². The Kier molecular flexibility index (Phi) is 4.06. The quantitative estimate of drug-likeness (QED) is 0.284. The number of amides is 1. The summed E-state index contributed by atoms with van der Waals surface area (Å²) in [6.45, 7) is 4.36. The van der Waals surface area contributed by atoms with Gasteiger partial charge in [-0.3, -0.25) is 9.69 Å². The number of carbonyl (C=O) groups excluding carboxylic acids is 1. The molecule has 4 N–H and O–H groups in total. The lowest BCUT2D eigenvalue weighted by molar-refractivity contribution is -0.123. The van der Waals surface area contributed by atoms with E-state index < -0.39 is 0 Å². The summed E-state index contributed by atoms with van der Waals surface area (Å²) in [5.41, 5.74) is 5.47. The third kappa shape index (κ3) is 3.35. The zero-order chi connectivity index (χ0) is 13.1. The predicted octanol–water partition coefficient (Wildman–Crippen LogP) is -0.0306. The number of nitrogens with zero attached hydrogens (tertiary/aromatic N) is 2. The number of nitrogens with one attached hydrogen (secondary N) is 1. The van der Waals surface area contributed by atoms with Gasteiger partial charge in [0.05, 0.1) is 6.54 Å². The van der Waals surface area contributed by atoms with E-state index >= 15 is 0 Å². The van der Waals surface area contributed by atoms with Crippen molar-refractivity contribution in [3.8, 4) is 0 Å². The van der Waals surface area contributed by atoms with Crippen LogP contribution in [0.2, 0.25) is 0 Å². The van der Waals surface area contributed by atoms with Gasteiger partial charge in [0, 0.05) is 25.0 Å². The number of nitrogens with two attached hydrogens (primary N) is 1. The van der Waals surface area contributed by atoms with Gasteiger partial charge in [-0.2, -0.15) is 0 Å². The summed E-state index contributed by atoms with van der Waals surface area (Å²) in [5, 5.41) is 14.6. The summed E-state index contributed by atoms with van der Waals surface area (Å²) < 4.78 is 0. The van der Waals surface area contributed by atoms with Crippen molar-refractivity contribution in [2.45, 2.75) is 32.2 Å². The lowest BCUT2D eigenvalue weighted by Gasteiger charge is -2.31. The van der Waals surface area contributed by atoms with Crippen LogP contribution in [0.15, 0.2) is 5.16 Å². The maximum Gasteiger partial charge on any atom is 0.223 e. The number of hydrogen-bond acceptors (Lipinski definition) is 4. The van der Waals surface area contributed by atoms with Gasteiger partial charge >= 0.3 is 0 Å². The van der Waals surface area contributed by atoms with Crippen molar-refractivity contribution in [3.63, 3.8) is 0 Å². The van der Waals surface area contributed by atoms with Gasteiger partial charge < -0.3 is 16.3 Å². The van der Waals surface area contributed by atoms with E-state index in [9.17, 15) is 4.79 Å². The molecule has 1 aliphatic carbocycles. The minimum atomic E-state index is 0.220. The summed E-state index contributed by atoms with van der Waals surface area (Å²) in [6, 6.07) is 0.286. The highest BCUT2D eigenvalue weighted by molar-refractivity contribution is 5.82. The van der Waals surface area contributed by atoms with E-state index in [2.05, 4.69) is 22.3 Å². The minimum Gasteiger partial charge on any atom is -0.409 e. The first-order valence-electron chi connectivity index (χ1n) is 6.59. The molecule has 2 fully saturated rings. The van der Waals surface area contributed by atoms with Gasteiger partial charge in [0.2, 0.25) is 5.91 Å². The molecule has 1 saturated carbocycles. The van der Waals surface area contributed by atoms with Crippen LogP contribution in [0.25, 0.3) is 0 Å². The molecule has 1 heterocycles. The maximum atomic E-state index is 11.8. The molecule has 6 nitrogen and oxygen atoms in total. The molecule has 0 aromatic carbocycles. The molecule has 0 aromatic rings. The Morgan fingerprint density at radius 2 is 2.11 bits per heavy atom. The van der Waals surface area contributed by atoms with Gasteiger partial charge in [-0.15, -0.1) is 0 Å². The average Bonchev–Trinajstić information content (AvgIpc) is 3.09. The highest BCUT2D eigenvalue weighted by Crippen LogP contribution is 2.37. The van der Waals surface area contributed by atoms with E-state index in [1.165, 1.54) is 0 Å². The zero-order valence-corrected chi connectivity index (χ0v) is 10.8. The largest absolute Gasteiger partial charge is 0.409 e. The van der Waals surface area contributed by atoms with E-state index in [1.54, 1.807) is 0 Å². The normalized spacial score (nSPS) is 30.2. The molecule has 2 atom stereocenters. The topological polar surface area (TPSA) is 91.0 Å². The van der Waals surface area contributed by atoms with E-state index in [0.29, 0.717) is 12.5 Å². The average molecular weight is 254 g/mol. The van der Waals surface area contributed by atoms with E-state index in [4.69, 9.17) is 10.9 Å². The summed E-state index contributed by atoms with van der Waals surface area (Å²) in [7, 11) is 0. The highest BCUT2D eigenvalue weighted by atomic mass is 16.4. The Labute approximate surface area is 107 Å². The van der Waals surface area contributed by atoms with Crippen LogP contribution >= 0.6 is 0 Å². The first-order chi connectivity index (χ1) is 8.60. The second-order valence-electron chi connectivity index (χ2n) is 5.47. The fourth-order valence-electron chi connectivity index (χ4n) is 2.49. The molecule has 6 heteroatoms. The maximum absolute atomic E-state index is 11.8. The van der Waals surface area contributed by atoms with Crippen LogP contribution in [0, 0.1) is 11.8 Å². The molecule has 2 rings (SSSR count). The summed E-state index contributed by atoms with van der Waals surface area (Å²) >= 11 is 0. The van der Waals surface area contributed by atoms with Crippen LogP contribution in [-0.4, -0.2) is 47.5 Å². The molecule has 2 unspecified atom stereocenters. The summed E-state index contributed by atoms with van der Waals surface area (Å²) in [4.78, 5) is 13.9. The SMILES string of the molecule is CC1CC1C(=O)NC1CCN(CC(N)=NO)CC1. The van der Waals surface area contributed by atoms with Crippen LogP contribution < -0.4 is 11.1 Å². The van der Waals surface area contributed by atoms with Crippen LogP contribution in [0.5, 0.6) is 0 Å². The van der Waals surface area contributed by atoms with Gasteiger partial charge in [0.25, 0.3) is 0 Å². The van der Waals surface area contributed by atoms with Gasteiger partial charge in [-0.25, -0.2) is 0 Å². The minimum absolute atomic E-state index is 0.220. The molecule has 0 aromatic heterocycles. The zero-order valence-electron chi connectivity index (χ0n) is 10.8. The highest BCUT2D eigenvalue weighted by Gasteiger charge is 2.39. The Morgan fingerprint density at radius 1 is 1.50 bits per heavy atom. The smallest absolute Gasteiger partial charge is 0.223 e. The molecule has 2 aliphatic rings. The molecule has 1 amide bonds. The van der Waals surface area contributed by atoms with Crippen molar-refractivity contribution in [1.82, 2.24) is 10.2 Å². The monoisotopic (exact) mass is 254 g/mol. The Bertz CT molecular complexity index is 337. The number of oxime groups is 1. The third-order valence-corrected chi connectivity index (χ3v) is 3.89. The lowest BCUT2D eigenvalue weighted by Crippen LogP contribution is -2.47. The Hall–Kier alpha value is -1.30. The fourth-order valence-corrected chi connectivity index (χ4v) is 2.49. The standard InChI is InChI=1S/C12H22N4O2/c1-8-6-10(8)12(17)14-9-2-4-16(5-3-9)7-11(13)15-18/h8-10,18H,2-7H2,1H3,(H2,13,15)(H,14,17).